The minimum atomic E-state index is -0.539. The van der Waals surface area contributed by atoms with Crippen molar-refractivity contribution in [2.24, 2.45) is 11.7 Å². The maximum atomic E-state index is 14.4. The summed E-state index contributed by atoms with van der Waals surface area (Å²) in [5, 5.41) is 0. The Kier molecular flexibility index (Phi) is 4.46. The number of nitrogens with two attached hydrogens (primary N) is 1. The Bertz CT molecular complexity index is 435. The topological polar surface area (TPSA) is 35.2 Å². The molecular weight excluding hydrogens is 241 g/mol. The van der Waals surface area contributed by atoms with E-state index in [1.807, 2.05) is 12.1 Å². The van der Waals surface area contributed by atoms with Crippen LogP contribution in [0.1, 0.15) is 51.0 Å². The smallest absolute Gasteiger partial charge is 0.170 e. The predicted molar refractivity (Wildman–Crippen MR) is 75.7 cm³/mol. The van der Waals surface area contributed by atoms with Crippen molar-refractivity contribution in [3.63, 3.8) is 0 Å². The number of halogens is 1. The van der Waals surface area contributed by atoms with Crippen LogP contribution >= 0.6 is 0 Å². The first-order valence-corrected chi connectivity index (χ1v) is 7.22. The second-order valence-electron chi connectivity index (χ2n) is 5.68. The van der Waals surface area contributed by atoms with Crippen LogP contribution in [0.3, 0.4) is 0 Å². The van der Waals surface area contributed by atoms with Crippen LogP contribution in [0.15, 0.2) is 18.2 Å². The zero-order valence-corrected chi connectivity index (χ0v) is 11.9. The third-order valence-electron chi connectivity index (χ3n) is 4.53. The van der Waals surface area contributed by atoms with Gasteiger partial charge in [0.05, 0.1) is 7.11 Å². The molecule has 3 heteroatoms. The number of hydrogen-bond donors (Lipinski definition) is 1. The second-order valence-corrected chi connectivity index (χ2v) is 5.68. The van der Waals surface area contributed by atoms with Crippen molar-refractivity contribution < 1.29 is 9.13 Å². The SMILES string of the molecule is CCC1CCCC(N)(c2cccc(OC)c2F)CC1. The Morgan fingerprint density at radius 2 is 2.16 bits per heavy atom. The average Bonchev–Trinajstić information content (AvgIpc) is 2.61. The van der Waals surface area contributed by atoms with Crippen molar-refractivity contribution in [1.29, 1.82) is 0 Å². The fraction of sp³-hybridized carbons (Fsp3) is 0.625. The Morgan fingerprint density at radius 3 is 2.84 bits per heavy atom. The fourth-order valence-corrected chi connectivity index (χ4v) is 3.17. The first-order valence-electron chi connectivity index (χ1n) is 7.22. The highest BCUT2D eigenvalue weighted by molar-refractivity contribution is 5.35. The molecule has 106 valence electrons. The lowest BCUT2D eigenvalue weighted by molar-refractivity contribution is 0.340. The minimum Gasteiger partial charge on any atom is -0.494 e. The van der Waals surface area contributed by atoms with E-state index in [9.17, 15) is 4.39 Å². The van der Waals surface area contributed by atoms with Gasteiger partial charge >= 0.3 is 0 Å². The largest absolute Gasteiger partial charge is 0.494 e. The van der Waals surface area contributed by atoms with Gasteiger partial charge in [-0.05, 0) is 31.2 Å². The first-order chi connectivity index (χ1) is 9.10. The molecule has 1 saturated carbocycles. The molecule has 1 aliphatic carbocycles. The first kappa shape index (κ1) is 14.3. The van der Waals surface area contributed by atoms with Gasteiger partial charge in [0.1, 0.15) is 0 Å². The van der Waals surface area contributed by atoms with Crippen LogP contribution in [0, 0.1) is 11.7 Å². The minimum absolute atomic E-state index is 0.289. The van der Waals surface area contributed by atoms with Crippen LogP contribution in [-0.2, 0) is 5.54 Å². The van der Waals surface area contributed by atoms with Gasteiger partial charge in [0.2, 0.25) is 0 Å². The fourth-order valence-electron chi connectivity index (χ4n) is 3.17. The molecule has 2 rings (SSSR count). The van der Waals surface area contributed by atoms with Gasteiger partial charge in [0, 0.05) is 11.1 Å². The molecule has 1 aromatic rings. The highest BCUT2D eigenvalue weighted by atomic mass is 19.1. The van der Waals surface area contributed by atoms with Gasteiger partial charge in [-0.15, -0.1) is 0 Å². The molecule has 2 unspecified atom stereocenters. The summed E-state index contributed by atoms with van der Waals surface area (Å²) in [6, 6.07) is 5.28. The molecule has 2 nitrogen and oxygen atoms in total. The van der Waals surface area contributed by atoms with Gasteiger partial charge in [-0.2, -0.15) is 0 Å². The van der Waals surface area contributed by atoms with Crippen molar-refractivity contribution in [1.82, 2.24) is 0 Å². The molecule has 1 aromatic carbocycles. The molecule has 0 radical (unpaired) electrons. The number of benzene rings is 1. The third-order valence-corrected chi connectivity index (χ3v) is 4.53. The van der Waals surface area contributed by atoms with Crippen molar-refractivity contribution in [3.05, 3.63) is 29.6 Å². The molecule has 0 bridgehead atoms. The van der Waals surface area contributed by atoms with Crippen LogP contribution in [0.5, 0.6) is 5.75 Å². The van der Waals surface area contributed by atoms with Crippen LogP contribution in [0.4, 0.5) is 4.39 Å². The average molecular weight is 265 g/mol. The van der Waals surface area contributed by atoms with Gasteiger partial charge < -0.3 is 10.5 Å². The molecule has 1 aliphatic rings. The molecule has 2 N–H and O–H groups in total. The third kappa shape index (κ3) is 2.92. The Hall–Kier alpha value is -1.09. The summed E-state index contributed by atoms with van der Waals surface area (Å²) in [6.45, 7) is 2.22. The van der Waals surface area contributed by atoms with Crippen molar-refractivity contribution in [2.45, 2.75) is 51.0 Å². The van der Waals surface area contributed by atoms with E-state index in [2.05, 4.69) is 6.92 Å². The number of ether oxygens (including phenoxy) is 1. The van der Waals surface area contributed by atoms with Gasteiger partial charge in [-0.25, -0.2) is 4.39 Å². The van der Waals surface area contributed by atoms with Crippen molar-refractivity contribution in [2.75, 3.05) is 7.11 Å². The lowest BCUT2D eigenvalue weighted by Crippen LogP contribution is -2.37. The standard InChI is InChI=1S/C16H24FNO/c1-3-12-6-5-10-16(18,11-9-12)13-7-4-8-14(19-2)15(13)17/h4,7-8,12H,3,5-6,9-11,18H2,1-2H3. The molecule has 0 saturated heterocycles. The number of methoxy groups -OCH3 is 1. The zero-order chi connectivity index (χ0) is 13.9. The second kappa shape index (κ2) is 5.91. The summed E-state index contributed by atoms with van der Waals surface area (Å²) in [6.07, 6.45) is 6.27. The zero-order valence-electron chi connectivity index (χ0n) is 11.9. The molecule has 0 heterocycles. The lowest BCUT2D eigenvalue weighted by Gasteiger charge is -2.29. The van der Waals surface area contributed by atoms with E-state index < -0.39 is 5.54 Å². The molecular formula is C16H24FNO. The Morgan fingerprint density at radius 1 is 1.37 bits per heavy atom. The lowest BCUT2D eigenvalue weighted by atomic mass is 9.83. The summed E-state index contributed by atoms with van der Waals surface area (Å²) in [5.74, 6) is 0.736. The van der Waals surface area contributed by atoms with Crippen LogP contribution in [0.25, 0.3) is 0 Å². The summed E-state index contributed by atoms with van der Waals surface area (Å²) in [5.41, 5.74) is 6.60. The van der Waals surface area contributed by atoms with Crippen molar-refractivity contribution >= 4 is 0 Å². The van der Waals surface area contributed by atoms with Crippen molar-refractivity contribution in [3.8, 4) is 5.75 Å². The highest BCUT2D eigenvalue weighted by Gasteiger charge is 2.33. The van der Waals surface area contributed by atoms with Gasteiger partial charge in [0.25, 0.3) is 0 Å². The van der Waals surface area contributed by atoms with Gasteiger partial charge in [0.15, 0.2) is 11.6 Å². The van der Waals surface area contributed by atoms with Crippen LogP contribution in [-0.4, -0.2) is 7.11 Å². The molecule has 0 aliphatic heterocycles. The van der Waals surface area contributed by atoms with E-state index in [-0.39, 0.29) is 5.82 Å². The molecule has 19 heavy (non-hydrogen) atoms. The maximum Gasteiger partial charge on any atom is 0.170 e. The highest BCUT2D eigenvalue weighted by Crippen LogP contribution is 2.39. The van der Waals surface area contributed by atoms with E-state index in [0.29, 0.717) is 11.3 Å². The van der Waals surface area contributed by atoms with Gasteiger partial charge in [-0.3, -0.25) is 0 Å². The van der Waals surface area contributed by atoms with Crippen LogP contribution < -0.4 is 10.5 Å². The quantitative estimate of drug-likeness (QED) is 0.839. The molecule has 0 amide bonds. The van der Waals surface area contributed by atoms with E-state index in [4.69, 9.17) is 10.5 Å². The Labute approximate surface area is 115 Å². The maximum absolute atomic E-state index is 14.4. The number of hydrogen-bond acceptors (Lipinski definition) is 2. The summed E-state index contributed by atoms with van der Waals surface area (Å²) >= 11 is 0. The predicted octanol–water partition coefficient (Wildman–Crippen LogP) is 3.98. The van der Waals surface area contributed by atoms with Crippen LogP contribution in [0.2, 0.25) is 0 Å². The summed E-state index contributed by atoms with van der Waals surface area (Å²) in [7, 11) is 1.49. The van der Waals surface area contributed by atoms with E-state index in [1.54, 1.807) is 6.07 Å². The van der Waals surface area contributed by atoms with E-state index in [1.165, 1.54) is 20.0 Å². The molecule has 2 atom stereocenters. The molecule has 1 fully saturated rings. The van der Waals surface area contributed by atoms with E-state index in [0.717, 1.165) is 31.6 Å². The summed E-state index contributed by atoms with van der Waals surface area (Å²) < 4.78 is 19.5. The number of rotatable bonds is 3. The van der Waals surface area contributed by atoms with Gasteiger partial charge in [-0.1, -0.05) is 38.3 Å². The van der Waals surface area contributed by atoms with E-state index >= 15 is 0 Å². The summed E-state index contributed by atoms with van der Waals surface area (Å²) in [4.78, 5) is 0. The Balaban J connectivity index is 2.29. The molecule has 0 spiro atoms. The normalized spacial score (nSPS) is 27.9. The molecule has 0 aromatic heterocycles. The monoisotopic (exact) mass is 265 g/mol.